The Balaban J connectivity index is 1.73. The van der Waals surface area contributed by atoms with E-state index in [2.05, 4.69) is 22.9 Å². The Kier molecular flexibility index (Phi) is 11.1. The number of unbranched alkanes of at least 4 members (excludes halogenated alkanes) is 4. The fraction of sp³-hybridized carbons (Fsp3) is 0.462. The fourth-order valence-corrected chi connectivity index (χ4v) is 3.20. The molecule has 0 aliphatic heterocycles. The molecule has 2 rings (SSSR count). The maximum atomic E-state index is 12.3. The van der Waals surface area contributed by atoms with Crippen LogP contribution in [0, 0.1) is 5.92 Å². The van der Waals surface area contributed by atoms with Gasteiger partial charge in [-0.05, 0) is 48.7 Å². The fourth-order valence-electron chi connectivity index (χ4n) is 3.20. The van der Waals surface area contributed by atoms with Crippen LogP contribution >= 0.6 is 0 Å². The summed E-state index contributed by atoms with van der Waals surface area (Å²) in [5.74, 6) is 0.942. The van der Waals surface area contributed by atoms with Crippen LogP contribution in [0.1, 0.15) is 59.3 Å². The minimum absolute atomic E-state index is 0.00258. The highest BCUT2D eigenvalue weighted by Gasteiger charge is 2.06. The first-order valence-electron chi connectivity index (χ1n) is 11.6. The van der Waals surface area contributed by atoms with E-state index in [1.807, 2.05) is 62.4 Å². The lowest BCUT2D eigenvalue weighted by Crippen LogP contribution is -2.21. The average molecular weight is 440 g/mol. The van der Waals surface area contributed by atoms with Gasteiger partial charge in [0.05, 0.1) is 13.2 Å². The van der Waals surface area contributed by atoms with E-state index in [9.17, 15) is 9.59 Å². The minimum Gasteiger partial charge on any atom is -0.494 e. The van der Waals surface area contributed by atoms with Crippen LogP contribution in [-0.4, -0.2) is 25.0 Å². The van der Waals surface area contributed by atoms with Crippen molar-refractivity contribution in [2.24, 2.45) is 5.92 Å². The molecular formula is C26H37N3O3. The number of ether oxygens (including phenoxy) is 1. The Morgan fingerprint density at radius 3 is 2.25 bits per heavy atom. The van der Waals surface area contributed by atoms with Crippen molar-refractivity contribution in [2.45, 2.75) is 59.3 Å². The molecule has 0 aliphatic carbocycles. The number of hydrogen-bond acceptors (Lipinski definition) is 4. The molecule has 2 aromatic carbocycles. The van der Waals surface area contributed by atoms with E-state index < -0.39 is 0 Å². The second-order valence-electron chi connectivity index (χ2n) is 8.42. The summed E-state index contributed by atoms with van der Waals surface area (Å²) in [4.78, 5) is 24.1. The summed E-state index contributed by atoms with van der Waals surface area (Å²) in [5.41, 5.74) is 2.26. The Bertz CT molecular complexity index is 834. The van der Waals surface area contributed by atoms with Crippen LogP contribution in [0.4, 0.5) is 17.1 Å². The molecule has 0 radical (unpaired) electrons. The highest BCUT2D eigenvalue weighted by Crippen LogP contribution is 2.18. The number of benzene rings is 2. The smallest absolute Gasteiger partial charge is 0.243 e. The molecule has 6 nitrogen and oxygen atoms in total. The summed E-state index contributed by atoms with van der Waals surface area (Å²) in [6.07, 6.45) is 6.47. The molecule has 0 aromatic heterocycles. The molecule has 0 spiro atoms. The van der Waals surface area contributed by atoms with Gasteiger partial charge in [-0.3, -0.25) is 9.59 Å². The molecule has 6 heteroatoms. The molecule has 0 atom stereocenters. The van der Waals surface area contributed by atoms with E-state index in [1.165, 1.54) is 25.7 Å². The SMILES string of the molecule is CCCCCCCOc1cccc(NC(=O)CNc2ccc(NC(=O)CC(C)C)cc2)c1. The third kappa shape index (κ3) is 10.3. The quantitative estimate of drug-likeness (QED) is 0.312. The maximum Gasteiger partial charge on any atom is 0.243 e. The third-order valence-electron chi connectivity index (χ3n) is 4.85. The standard InChI is InChI=1S/C26H37N3O3/c1-4-5-6-7-8-16-32-24-11-9-10-23(18-24)29-26(31)19-27-21-12-14-22(15-13-21)28-25(30)17-20(2)3/h9-15,18,20,27H,4-8,16-17,19H2,1-3H3,(H,28,30)(H,29,31). The Morgan fingerprint density at radius 2 is 1.53 bits per heavy atom. The van der Waals surface area contributed by atoms with Crippen molar-refractivity contribution in [3.05, 3.63) is 48.5 Å². The van der Waals surface area contributed by atoms with Gasteiger partial charge in [0, 0.05) is 29.5 Å². The Labute approximate surface area is 192 Å². The molecular weight excluding hydrogens is 402 g/mol. The molecule has 0 heterocycles. The summed E-state index contributed by atoms with van der Waals surface area (Å²) < 4.78 is 5.80. The number of hydrogen-bond donors (Lipinski definition) is 3. The van der Waals surface area contributed by atoms with Gasteiger partial charge in [0.2, 0.25) is 11.8 Å². The molecule has 32 heavy (non-hydrogen) atoms. The van der Waals surface area contributed by atoms with Crippen LogP contribution in [0.5, 0.6) is 5.75 Å². The summed E-state index contributed by atoms with van der Waals surface area (Å²) in [6, 6.07) is 14.8. The monoisotopic (exact) mass is 439 g/mol. The number of carbonyl (C=O) groups is 2. The van der Waals surface area contributed by atoms with E-state index in [0.29, 0.717) is 24.6 Å². The van der Waals surface area contributed by atoms with Gasteiger partial charge >= 0.3 is 0 Å². The van der Waals surface area contributed by atoms with Gasteiger partial charge < -0.3 is 20.7 Å². The first-order valence-corrected chi connectivity index (χ1v) is 11.6. The number of amides is 2. The van der Waals surface area contributed by atoms with Crippen molar-refractivity contribution < 1.29 is 14.3 Å². The third-order valence-corrected chi connectivity index (χ3v) is 4.85. The first-order chi connectivity index (χ1) is 15.5. The molecule has 2 amide bonds. The van der Waals surface area contributed by atoms with Crippen LogP contribution in [-0.2, 0) is 9.59 Å². The number of carbonyl (C=O) groups excluding carboxylic acids is 2. The second kappa shape index (κ2) is 14.1. The minimum atomic E-state index is -0.143. The van der Waals surface area contributed by atoms with E-state index in [-0.39, 0.29) is 18.4 Å². The van der Waals surface area contributed by atoms with Crippen molar-refractivity contribution in [1.82, 2.24) is 0 Å². The molecule has 174 valence electrons. The van der Waals surface area contributed by atoms with Gasteiger partial charge in [-0.2, -0.15) is 0 Å². The summed E-state index contributed by atoms with van der Waals surface area (Å²) in [5, 5.41) is 8.86. The summed E-state index contributed by atoms with van der Waals surface area (Å²) >= 11 is 0. The molecule has 0 unspecified atom stereocenters. The van der Waals surface area contributed by atoms with Gasteiger partial charge in [-0.1, -0.05) is 52.5 Å². The zero-order chi connectivity index (χ0) is 23.2. The predicted molar refractivity (Wildman–Crippen MR) is 132 cm³/mol. The van der Waals surface area contributed by atoms with Crippen LogP contribution in [0.25, 0.3) is 0 Å². The van der Waals surface area contributed by atoms with E-state index >= 15 is 0 Å². The molecule has 0 saturated carbocycles. The van der Waals surface area contributed by atoms with E-state index in [0.717, 1.165) is 23.5 Å². The van der Waals surface area contributed by atoms with E-state index in [4.69, 9.17) is 4.74 Å². The molecule has 0 bridgehead atoms. The zero-order valence-corrected chi connectivity index (χ0v) is 19.6. The lowest BCUT2D eigenvalue weighted by atomic mass is 10.1. The highest BCUT2D eigenvalue weighted by atomic mass is 16.5. The normalized spacial score (nSPS) is 10.6. The molecule has 0 aliphatic rings. The molecule has 0 fully saturated rings. The predicted octanol–water partition coefficient (Wildman–Crippen LogP) is 6.07. The Morgan fingerprint density at radius 1 is 0.844 bits per heavy atom. The second-order valence-corrected chi connectivity index (χ2v) is 8.42. The maximum absolute atomic E-state index is 12.3. The van der Waals surface area contributed by atoms with Crippen molar-refractivity contribution in [2.75, 3.05) is 29.1 Å². The van der Waals surface area contributed by atoms with Crippen molar-refractivity contribution in [3.8, 4) is 5.75 Å². The van der Waals surface area contributed by atoms with Crippen molar-refractivity contribution in [3.63, 3.8) is 0 Å². The number of rotatable bonds is 14. The summed E-state index contributed by atoms with van der Waals surface area (Å²) in [7, 11) is 0. The lowest BCUT2D eigenvalue weighted by molar-refractivity contribution is -0.117. The highest BCUT2D eigenvalue weighted by molar-refractivity contribution is 5.94. The molecule has 2 aromatic rings. The van der Waals surface area contributed by atoms with Gasteiger partial charge in [-0.15, -0.1) is 0 Å². The number of nitrogens with one attached hydrogen (secondary N) is 3. The van der Waals surface area contributed by atoms with Gasteiger partial charge in [0.25, 0.3) is 0 Å². The zero-order valence-electron chi connectivity index (χ0n) is 19.6. The van der Waals surface area contributed by atoms with Gasteiger partial charge in [-0.25, -0.2) is 0 Å². The lowest BCUT2D eigenvalue weighted by Gasteiger charge is -2.11. The first kappa shape index (κ1) is 25.2. The molecule has 0 saturated heterocycles. The van der Waals surface area contributed by atoms with Crippen LogP contribution < -0.4 is 20.7 Å². The largest absolute Gasteiger partial charge is 0.494 e. The van der Waals surface area contributed by atoms with Gasteiger partial charge in [0.15, 0.2) is 0 Å². The summed E-state index contributed by atoms with van der Waals surface area (Å²) in [6.45, 7) is 7.06. The molecule has 3 N–H and O–H groups in total. The van der Waals surface area contributed by atoms with E-state index in [1.54, 1.807) is 0 Å². The van der Waals surface area contributed by atoms with Crippen LogP contribution in [0.3, 0.4) is 0 Å². The van der Waals surface area contributed by atoms with Gasteiger partial charge in [0.1, 0.15) is 5.75 Å². The Hall–Kier alpha value is -3.02. The average Bonchev–Trinajstić information content (AvgIpc) is 2.75. The van der Waals surface area contributed by atoms with Crippen molar-refractivity contribution >= 4 is 28.9 Å². The topological polar surface area (TPSA) is 79.5 Å². The van der Waals surface area contributed by atoms with Crippen LogP contribution in [0.15, 0.2) is 48.5 Å². The van der Waals surface area contributed by atoms with Crippen LogP contribution in [0.2, 0.25) is 0 Å². The van der Waals surface area contributed by atoms with Crippen molar-refractivity contribution in [1.29, 1.82) is 0 Å². The number of anilines is 3.